The summed E-state index contributed by atoms with van der Waals surface area (Å²) in [6.45, 7) is 0. The van der Waals surface area contributed by atoms with E-state index >= 15 is 0 Å². The van der Waals surface area contributed by atoms with Crippen LogP contribution in [0, 0.1) is 0 Å². The maximum absolute atomic E-state index is 11.0. The van der Waals surface area contributed by atoms with Crippen molar-refractivity contribution in [3.05, 3.63) is 46.6 Å². The molecule has 3 rings (SSSR count). The molecular weight excluding hydrogens is 284 g/mol. The number of nitrogens with zero attached hydrogens (tertiary/aromatic N) is 2. The maximum Gasteiger partial charge on any atom is 0.309 e. The average Bonchev–Trinajstić information content (AvgIpc) is 2.93. The van der Waals surface area contributed by atoms with E-state index in [1.807, 2.05) is 28.1 Å². The third-order valence-electron chi connectivity index (χ3n) is 2.80. The summed E-state index contributed by atoms with van der Waals surface area (Å²) >= 11 is 7.34. The van der Waals surface area contributed by atoms with Crippen LogP contribution in [0.15, 0.2) is 35.8 Å². The fourth-order valence-electron chi connectivity index (χ4n) is 1.98. The van der Waals surface area contributed by atoms with Crippen LogP contribution >= 0.6 is 22.9 Å². The highest BCUT2D eigenvalue weighted by Crippen LogP contribution is 2.28. The number of carbonyl (C=O) groups is 1. The van der Waals surface area contributed by atoms with Crippen LogP contribution in [0.25, 0.3) is 16.2 Å². The van der Waals surface area contributed by atoms with Crippen LogP contribution in [0.1, 0.15) is 5.69 Å². The molecule has 0 atom stereocenters. The number of carboxylic acids is 1. The molecule has 0 bridgehead atoms. The Morgan fingerprint density at radius 2 is 2.11 bits per heavy atom. The van der Waals surface area contributed by atoms with Crippen LogP contribution in [0.3, 0.4) is 0 Å². The summed E-state index contributed by atoms with van der Waals surface area (Å²) in [4.78, 5) is 16.3. The van der Waals surface area contributed by atoms with E-state index in [1.165, 1.54) is 11.3 Å². The summed E-state index contributed by atoms with van der Waals surface area (Å²) in [5.74, 6) is -0.872. The molecule has 4 nitrogen and oxygen atoms in total. The molecule has 0 fully saturated rings. The highest BCUT2D eigenvalue weighted by molar-refractivity contribution is 7.15. The number of benzene rings is 1. The molecule has 0 unspecified atom stereocenters. The number of thiazole rings is 1. The zero-order chi connectivity index (χ0) is 13.4. The molecule has 0 amide bonds. The van der Waals surface area contributed by atoms with Crippen molar-refractivity contribution < 1.29 is 9.90 Å². The SMILES string of the molecule is O=C(O)Cc1c(-c2ccc(Cl)cc2)nc2sccn12. The van der Waals surface area contributed by atoms with Crippen molar-refractivity contribution in [1.29, 1.82) is 0 Å². The van der Waals surface area contributed by atoms with Crippen molar-refractivity contribution in [2.45, 2.75) is 6.42 Å². The quantitative estimate of drug-likeness (QED) is 0.805. The Morgan fingerprint density at radius 1 is 1.37 bits per heavy atom. The second kappa shape index (κ2) is 4.68. The highest BCUT2D eigenvalue weighted by Gasteiger charge is 2.17. The molecule has 1 aromatic carbocycles. The molecule has 6 heteroatoms. The standard InChI is InChI=1S/C13H9ClN2O2S/c14-9-3-1-8(2-4-9)12-10(7-11(17)18)16-5-6-19-13(16)15-12/h1-6H,7H2,(H,17,18). The molecular formula is C13H9ClN2O2S. The molecule has 0 aliphatic heterocycles. The van der Waals surface area contributed by atoms with Gasteiger partial charge in [-0.1, -0.05) is 23.7 Å². The lowest BCUT2D eigenvalue weighted by atomic mass is 10.1. The van der Waals surface area contributed by atoms with Crippen molar-refractivity contribution in [1.82, 2.24) is 9.38 Å². The normalized spacial score (nSPS) is 11.0. The molecule has 2 heterocycles. The number of halogens is 1. The number of fused-ring (bicyclic) bond motifs is 1. The summed E-state index contributed by atoms with van der Waals surface area (Å²) in [7, 11) is 0. The van der Waals surface area contributed by atoms with Gasteiger partial charge in [0.25, 0.3) is 0 Å². The largest absolute Gasteiger partial charge is 0.481 e. The van der Waals surface area contributed by atoms with E-state index in [2.05, 4.69) is 4.98 Å². The smallest absolute Gasteiger partial charge is 0.309 e. The molecule has 3 aromatic rings. The van der Waals surface area contributed by atoms with Crippen molar-refractivity contribution >= 4 is 33.9 Å². The number of hydrogen-bond acceptors (Lipinski definition) is 3. The van der Waals surface area contributed by atoms with E-state index in [-0.39, 0.29) is 6.42 Å². The van der Waals surface area contributed by atoms with Crippen LogP contribution < -0.4 is 0 Å². The van der Waals surface area contributed by atoms with Crippen molar-refractivity contribution in [3.8, 4) is 11.3 Å². The maximum atomic E-state index is 11.0. The first-order chi connectivity index (χ1) is 9.15. The number of hydrogen-bond donors (Lipinski definition) is 1. The van der Waals surface area contributed by atoms with Gasteiger partial charge in [-0.3, -0.25) is 9.20 Å². The molecule has 2 aromatic heterocycles. The number of imidazole rings is 1. The summed E-state index contributed by atoms with van der Waals surface area (Å²) in [6.07, 6.45) is 1.78. The van der Waals surface area contributed by atoms with Gasteiger partial charge in [-0.25, -0.2) is 4.98 Å². The lowest BCUT2D eigenvalue weighted by Gasteiger charge is -2.02. The first-order valence-electron chi connectivity index (χ1n) is 5.57. The Bertz CT molecular complexity index is 746. The molecule has 0 aliphatic rings. The number of aromatic nitrogens is 2. The van der Waals surface area contributed by atoms with Gasteiger partial charge < -0.3 is 5.11 Å². The van der Waals surface area contributed by atoms with E-state index in [4.69, 9.17) is 16.7 Å². The third-order valence-corrected chi connectivity index (χ3v) is 3.81. The number of carboxylic acid groups (broad SMARTS) is 1. The van der Waals surface area contributed by atoms with Gasteiger partial charge in [-0.05, 0) is 12.1 Å². The van der Waals surface area contributed by atoms with Gasteiger partial charge >= 0.3 is 5.97 Å². The monoisotopic (exact) mass is 292 g/mol. The fraction of sp³-hybridized carbons (Fsp3) is 0.0769. The Balaban J connectivity index is 2.18. The molecule has 0 saturated heterocycles. The minimum absolute atomic E-state index is 0.0597. The van der Waals surface area contributed by atoms with Gasteiger partial charge in [0, 0.05) is 22.2 Å². The molecule has 0 aliphatic carbocycles. The third kappa shape index (κ3) is 2.22. The van der Waals surface area contributed by atoms with Crippen LogP contribution in [0.5, 0.6) is 0 Å². The van der Waals surface area contributed by atoms with Gasteiger partial charge in [0.2, 0.25) is 0 Å². The molecule has 96 valence electrons. The van der Waals surface area contributed by atoms with Crippen molar-refractivity contribution in [2.75, 3.05) is 0 Å². The van der Waals surface area contributed by atoms with E-state index in [9.17, 15) is 4.79 Å². The predicted octanol–water partition coefficient (Wildman–Crippen LogP) is 3.34. The first-order valence-corrected chi connectivity index (χ1v) is 6.83. The molecule has 0 saturated carbocycles. The highest BCUT2D eigenvalue weighted by atomic mass is 35.5. The molecule has 0 radical (unpaired) electrons. The lowest BCUT2D eigenvalue weighted by Crippen LogP contribution is -2.04. The molecule has 1 N–H and O–H groups in total. The summed E-state index contributed by atoms with van der Waals surface area (Å²) < 4.78 is 1.82. The van der Waals surface area contributed by atoms with E-state index in [1.54, 1.807) is 12.1 Å². The van der Waals surface area contributed by atoms with Crippen LogP contribution in [-0.2, 0) is 11.2 Å². The van der Waals surface area contributed by atoms with E-state index in [0.29, 0.717) is 16.4 Å². The average molecular weight is 293 g/mol. The predicted molar refractivity (Wildman–Crippen MR) is 74.9 cm³/mol. The van der Waals surface area contributed by atoms with E-state index < -0.39 is 5.97 Å². The van der Waals surface area contributed by atoms with Gasteiger partial charge in [0.15, 0.2) is 4.96 Å². The fourth-order valence-corrected chi connectivity index (χ4v) is 2.84. The minimum atomic E-state index is -0.872. The van der Waals surface area contributed by atoms with Crippen molar-refractivity contribution in [2.24, 2.45) is 0 Å². The first kappa shape index (κ1) is 12.2. The zero-order valence-corrected chi connectivity index (χ0v) is 11.3. The van der Waals surface area contributed by atoms with Crippen LogP contribution in [0.4, 0.5) is 0 Å². The number of rotatable bonds is 3. The summed E-state index contributed by atoms with van der Waals surface area (Å²) in [5, 5.41) is 11.6. The number of aliphatic carboxylic acids is 1. The topological polar surface area (TPSA) is 54.6 Å². The second-order valence-corrected chi connectivity index (χ2v) is 5.35. The Hall–Kier alpha value is -1.85. The minimum Gasteiger partial charge on any atom is -0.481 e. The van der Waals surface area contributed by atoms with Crippen molar-refractivity contribution in [3.63, 3.8) is 0 Å². The van der Waals surface area contributed by atoms with Gasteiger partial charge in [0.1, 0.15) is 0 Å². The molecule has 19 heavy (non-hydrogen) atoms. The Kier molecular flexibility index (Phi) is 3.00. The van der Waals surface area contributed by atoms with Gasteiger partial charge in [-0.15, -0.1) is 11.3 Å². The van der Waals surface area contributed by atoms with Crippen LogP contribution in [-0.4, -0.2) is 20.5 Å². The summed E-state index contributed by atoms with van der Waals surface area (Å²) in [6, 6.07) is 7.24. The summed E-state index contributed by atoms with van der Waals surface area (Å²) in [5.41, 5.74) is 2.26. The van der Waals surface area contributed by atoms with Crippen LogP contribution in [0.2, 0.25) is 5.02 Å². The van der Waals surface area contributed by atoms with Gasteiger partial charge in [0.05, 0.1) is 17.8 Å². The molecule has 0 spiro atoms. The Labute approximate surface area is 117 Å². The zero-order valence-electron chi connectivity index (χ0n) is 9.71. The second-order valence-electron chi connectivity index (χ2n) is 4.04. The van der Waals surface area contributed by atoms with Gasteiger partial charge in [-0.2, -0.15) is 0 Å². The van der Waals surface area contributed by atoms with E-state index in [0.717, 1.165) is 10.5 Å². The Morgan fingerprint density at radius 3 is 2.79 bits per heavy atom. The lowest BCUT2D eigenvalue weighted by molar-refractivity contribution is -0.136.